The first-order valence-electron chi connectivity index (χ1n) is 7.58. The molecule has 2 heteroatoms. The predicted octanol–water partition coefficient (Wildman–Crippen LogP) is 6.74. The maximum atomic E-state index is 6.85. The largest absolute Gasteiger partial charge is 0.117 e. The lowest BCUT2D eigenvalue weighted by molar-refractivity contribution is 0.446. The minimum absolute atomic E-state index is 0.107. The summed E-state index contributed by atoms with van der Waals surface area (Å²) in [4.78, 5) is 0. The number of hydrogen-bond donors (Lipinski definition) is 0. The molecule has 0 nitrogen and oxygen atoms in total. The van der Waals surface area contributed by atoms with Gasteiger partial charge in [-0.25, -0.2) is 0 Å². The summed E-state index contributed by atoms with van der Waals surface area (Å²) >= 11 is 13.1. The summed E-state index contributed by atoms with van der Waals surface area (Å²) < 4.78 is 0. The zero-order valence-electron chi connectivity index (χ0n) is 11.6. The zero-order chi connectivity index (χ0) is 13.9. The van der Waals surface area contributed by atoms with Crippen LogP contribution in [0, 0.1) is 5.92 Å². The van der Waals surface area contributed by atoms with Gasteiger partial charge in [-0.05, 0) is 35.8 Å². The summed E-state index contributed by atoms with van der Waals surface area (Å²) in [6.45, 7) is 0. The van der Waals surface area contributed by atoms with Crippen LogP contribution in [0.4, 0.5) is 0 Å². The van der Waals surface area contributed by atoms with Crippen molar-refractivity contribution in [3.8, 4) is 0 Å². The van der Waals surface area contributed by atoms with E-state index in [-0.39, 0.29) is 5.38 Å². The van der Waals surface area contributed by atoms with Gasteiger partial charge in [0.15, 0.2) is 0 Å². The minimum Gasteiger partial charge on any atom is -0.117 e. The van der Waals surface area contributed by atoms with Crippen LogP contribution in [0.25, 0.3) is 10.8 Å². The molecule has 0 spiro atoms. The normalized spacial score (nSPS) is 18.9. The van der Waals surface area contributed by atoms with Gasteiger partial charge in [-0.3, -0.25) is 0 Å². The molecule has 1 aliphatic carbocycles. The molecule has 2 aromatic carbocycles. The molecule has 0 N–H and O–H groups in total. The first-order valence-corrected chi connectivity index (χ1v) is 8.40. The van der Waals surface area contributed by atoms with E-state index in [4.69, 9.17) is 23.2 Å². The van der Waals surface area contributed by atoms with Gasteiger partial charge in [0.05, 0.1) is 5.38 Å². The lowest BCUT2D eigenvalue weighted by Gasteiger charge is -2.22. The van der Waals surface area contributed by atoms with Crippen molar-refractivity contribution in [2.75, 3.05) is 0 Å². The van der Waals surface area contributed by atoms with Crippen LogP contribution in [-0.2, 0) is 0 Å². The van der Waals surface area contributed by atoms with Crippen LogP contribution in [0.15, 0.2) is 36.4 Å². The highest BCUT2D eigenvalue weighted by Gasteiger charge is 2.23. The van der Waals surface area contributed by atoms with Crippen LogP contribution < -0.4 is 0 Å². The summed E-state index contributed by atoms with van der Waals surface area (Å²) in [7, 11) is 0. The topological polar surface area (TPSA) is 0 Å². The number of halogens is 2. The van der Waals surface area contributed by atoms with Crippen LogP contribution in [0.1, 0.15) is 49.5 Å². The van der Waals surface area contributed by atoms with Crippen LogP contribution >= 0.6 is 23.2 Å². The van der Waals surface area contributed by atoms with Crippen molar-refractivity contribution in [3.05, 3.63) is 47.0 Å². The van der Waals surface area contributed by atoms with Crippen LogP contribution in [0.3, 0.4) is 0 Å². The van der Waals surface area contributed by atoms with E-state index < -0.39 is 0 Å². The standard InChI is InChI=1S/C18H20Cl2/c19-17-12-11-16(14-9-5-6-10-15(14)17)18(20)13-7-3-1-2-4-8-13/h5-6,9-13,18H,1-4,7-8H2. The summed E-state index contributed by atoms with van der Waals surface area (Å²) in [5.41, 5.74) is 1.25. The van der Waals surface area contributed by atoms with Gasteiger partial charge in [0.1, 0.15) is 0 Å². The smallest absolute Gasteiger partial charge is 0.0619 e. The van der Waals surface area contributed by atoms with E-state index in [1.807, 2.05) is 12.1 Å². The molecule has 2 aromatic rings. The zero-order valence-corrected chi connectivity index (χ0v) is 13.1. The van der Waals surface area contributed by atoms with Crippen molar-refractivity contribution < 1.29 is 0 Å². The Balaban J connectivity index is 1.98. The van der Waals surface area contributed by atoms with Gasteiger partial charge in [-0.15, -0.1) is 11.6 Å². The Labute approximate surface area is 131 Å². The second-order valence-corrected chi connectivity index (χ2v) is 6.71. The SMILES string of the molecule is Clc1ccc(C(Cl)C2CCCCCC2)c2ccccc12. The van der Waals surface area contributed by atoms with E-state index in [9.17, 15) is 0 Å². The second-order valence-electron chi connectivity index (χ2n) is 5.84. The summed E-state index contributed by atoms with van der Waals surface area (Å²) in [6, 6.07) is 12.4. The average molecular weight is 307 g/mol. The molecule has 0 bridgehead atoms. The molecule has 1 unspecified atom stereocenters. The molecule has 1 fully saturated rings. The fourth-order valence-corrected chi connectivity index (χ4v) is 4.05. The van der Waals surface area contributed by atoms with Gasteiger partial charge < -0.3 is 0 Å². The fraction of sp³-hybridized carbons (Fsp3) is 0.444. The van der Waals surface area contributed by atoms with Gasteiger partial charge in [-0.1, -0.05) is 67.6 Å². The molecular formula is C18H20Cl2. The summed E-state index contributed by atoms with van der Waals surface area (Å²) in [5, 5.41) is 3.25. The van der Waals surface area contributed by atoms with E-state index in [1.165, 1.54) is 49.5 Å². The second kappa shape index (κ2) is 6.37. The van der Waals surface area contributed by atoms with Crippen molar-refractivity contribution >= 4 is 34.0 Å². The van der Waals surface area contributed by atoms with E-state index in [2.05, 4.69) is 24.3 Å². The number of fused-ring (bicyclic) bond motifs is 1. The fourth-order valence-electron chi connectivity index (χ4n) is 3.38. The average Bonchev–Trinajstić information content (AvgIpc) is 2.76. The first-order chi connectivity index (χ1) is 9.77. The van der Waals surface area contributed by atoms with Gasteiger partial charge in [0.2, 0.25) is 0 Å². The van der Waals surface area contributed by atoms with Crippen LogP contribution in [0.2, 0.25) is 5.02 Å². The van der Waals surface area contributed by atoms with Crippen LogP contribution in [-0.4, -0.2) is 0 Å². The van der Waals surface area contributed by atoms with Gasteiger partial charge in [-0.2, -0.15) is 0 Å². The molecule has 20 heavy (non-hydrogen) atoms. The molecule has 0 heterocycles. The third-order valence-electron chi connectivity index (χ3n) is 4.52. The molecule has 106 valence electrons. The van der Waals surface area contributed by atoms with Crippen molar-refractivity contribution in [2.45, 2.75) is 43.9 Å². The Morgan fingerprint density at radius 1 is 0.850 bits per heavy atom. The molecule has 0 amide bonds. The van der Waals surface area contributed by atoms with Gasteiger partial charge in [0.25, 0.3) is 0 Å². The Kier molecular flexibility index (Phi) is 4.53. The van der Waals surface area contributed by atoms with E-state index in [0.717, 1.165) is 10.4 Å². The molecule has 0 aliphatic heterocycles. The van der Waals surface area contributed by atoms with Crippen molar-refractivity contribution in [2.24, 2.45) is 5.92 Å². The molecular weight excluding hydrogens is 287 g/mol. The number of benzene rings is 2. The van der Waals surface area contributed by atoms with Gasteiger partial charge >= 0.3 is 0 Å². The monoisotopic (exact) mass is 306 g/mol. The number of alkyl halides is 1. The highest BCUT2D eigenvalue weighted by molar-refractivity contribution is 6.35. The predicted molar refractivity (Wildman–Crippen MR) is 88.7 cm³/mol. The molecule has 0 radical (unpaired) electrons. The maximum absolute atomic E-state index is 6.85. The summed E-state index contributed by atoms with van der Waals surface area (Å²) in [6.07, 6.45) is 7.87. The molecule has 0 aromatic heterocycles. The molecule has 1 aliphatic rings. The Bertz CT molecular complexity index is 583. The third-order valence-corrected chi connectivity index (χ3v) is 5.44. The molecule has 0 saturated heterocycles. The molecule has 1 saturated carbocycles. The molecule has 1 atom stereocenters. The van der Waals surface area contributed by atoms with Crippen LogP contribution in [0.5, 0.6) is 0 Å². The highest BCUT2D eigenvalue weighted by Crippen LogP contribution is 2.41. The Hall–Kier alpha value is -0.720. The lowest BCUT2D eigenvalue weighted by Crippen LogP contribution is -2.07. The van der Waals surface area contributed by atoms with Crippen molar-refractivity contribution in [1.29, 1.82) is 0 Å². The highest BCUT2D eigenvalue weighted by atomic mass is 35.5. The van der Waals surface area contributed by atoms with E-state index in [0.29, 0.717) is 5.92 Å². The van der Waals surface area contributed by atoms with Gasteiger partial charge in [0, 0.05) is 10.4 Å². The number of rotatable bonds is 2. The third kappa shape index (κ3) is 2.82. The number of hydrogen-bond acceptors (Lipinski definition) is 0. The lowest BCUT2D eigenvalue weighted by atomic mass is 9.89. The minimum atomic E-state index is 0.107. The van der Waals surface area contributed by atoms with Crippen molar-refractivity contribution in [3.63, 3.8) is 0 Å². The Morgan fingerprint density at radius 2 is 1.50 bits per heavy atom. The van der Waals surface area contributed by atoms with E-state index in [1.54, 1.807) is 0 Å². The molecule has 3 rings (SSSR count). The Morgan fingerprint density at radius 3 is 2.20 bits per heavy atom. The van der Waals surface area contributed by atoms with Crippen molar-refractivity contribution in [1.82, 2.24) is 0 Å². The van der Waals surface area contributed by atoms with E-state index >= 15 is 0 Å². The first kappa shape index (κ1) is 14.2. The summed E-state index contributed by atoms with van der Waals surface area (Å²) in [5.74, 6) is 0.601. The maximum Gasteiger partial charge on any atom is 0.0619 e. The quantitative estimate of drug-likeness (QED) is 0.425.